The lowest BCUT2D eigenvalue weighted by molar-refractivity contribution is -0.139. The van der Waals surface area contributed by atoms with Crippen LogP contribution in [0.5, 0.6) is 0 Å². The molecule has 0 spiro atoms. The van der Waals surface area contributed by atoms with Crippen LogP contribution in [-0.4, -0.2) is 18.3 Å². The highest BCUT2D eigenvalue weighted by Crippen LogP contribution is 2.40. The van der Waals surface area contributed by atoms with Crippen LogP contribution in [0.25, 0.3) is 0 Å². The zero-order valence-electron chi connectivity index (χ0n) is 12.6. The molecule has 1 saturated carbocycles. The molecule has 0 heterocycles. The molecule has 1 unspecified atom stereocenters. The summed E-state index contributed by atoms with van der Waals surface area (Å²) in [5.74, 6) is 0.716. The lowest BCUT2D eigenvalue weighted by Gasteiger charge is -2.39. The average molecular weight is 279 g/mol. The molecular formula is C15H28F3N. The topological polar surface area (TPSA) is 12.0 Å². The minimum absolute atomic E-state index is 0.265. The summed E-state index contributed by atoms with van der Waals surface area (Å²) in [5.41, 5.74) is 0.364. The SMILES string of the molecule is CCC(C)(C)C1CCC(NC(C)CC(F)(F)F)CC1. The van der Waals surface area contributed by atoms with Gasteiger partial charge in [-0.1, -0.05) is 27.2 Å². The van der Waals surface area contributed by atoms with E-state index in [-0.39, 0.29) is 6.04 Å². The van der Waals surface area contributed by atoms with Gasteiger partial charge in [-0.2, -0.15) is 13.2 Å². The van der Waals surface area contributed by atoms with E-state index in [1.807, 2.05) is 0 Å². The lowest BCUT2D eigenvalue weighted by Crippen LogP contribution is -2.42. The molecule has 0 aromatic heterocycles. The molecule has 0 aliphatic heterocycles. The quantitative estimate of drug-likeness (QED) is 0.754. The third-order valence-corrected chi connectivity index (χ3v) is 4.80. The average Bonchev–Trinajstić information content (AvgIpc) is 2.27. The molecule has 0 saturated heterocycles. The molecule has 0 aromatic carbocycles. The van der Waals surface area contributed by atoms with Crippen LogP contribution >= 0.6 is 0 Å². The molecule has 1 fully saturated rings. The first-order valence-electron chi connectivity index (χ1n) is 7.47. The Morgan fingerprint density at radius 2 is 1.63 bits per heavy atom. The Morgan fingerprint density at radius 1 is 1.11 bits per heavy atom. The predicted molar refractivity (Wildman–Crippen MR) is 73.1 cm³/mol. The van der Waals surface area contributed by atoms with Crippen molar-refractivity contribution >= 4 is 0 Å². The van der Waals surface area contributed by atoms with Gasteiger partial charge in [0.25, 0.3) is 0 Å². The van der Waals surface area contributed by atoms with E-state index in [0.29, 0.717) is 11.3 Å². The molecule has 0 amide bonds. The van der Waals surface area contributed by atoms with E-state index >= 15 is 0 Å². The van der Waals surface area contributed by atoms with Crippen molar-refractivity contribution in [2.45, 2.75) is 84.5 Å². The van der Waals surface area contributed by atoms with Gasteiger partial charge in [-0.25, -0.2) is 0 Å². The normalized spacial score (nSPS) is 27.3. The van der Waals surface area contributed by atoms with Crippen molar-refractivity contribution in [3.63, 3.8) is 0 Å². The van der Waals surface area contributed by atoms with Gasteiger partial charge in [0.05, 0.1) is 6.42 Å². The second-order valence-corrected chi connectivity index (χ2v) is 6.78. The molecule has 0 bridgehead atoms. The fourth-order valence-electron chi connectivity index (χ4n) is 3.14. The summed E-state index contributed by atoms with van der Waals surface area (Å²) in [5, 5.41) is 3.15. The van der Waals surface area contributed by atoms with Crippen LogP contribution in [0.15, 0.2) is 0 Å². The molecule has 4 heteroatoms. The Hall–Kier alpha value is -0.250. The molecule has 114 valence electrons. The van der Waals surface area contributed by atoms with Crippen LogP contribution in [0.3, 0.4) is 0 Å². The number of alkyl halides is 3. The van der Waals surface area contributed by atoms with Gasteiger partial charge in [0.1, 0.15) is 0 Å². The minimum Gasteiger partial charge on any atom is -0.311 e. The molecule has 0 radical (unpaired) electrons. The van der Waals surface area contributed by atoms with E-state index in [1.165, 1.54) is 6.42 Å². The van der Waals surface area contributed by atoms with E-state index in [4.69, 9.17) is 0 Å². The van der Waals surface area contributed by atoms with Crippen LogP contribution in [0, 0.1) is 11.3 Å². The molecular weight excluding hydrogens is 251 g/mol. The highest BCUT2D eigenvalue weighted by molar-refractivity contribution is 4.86. The lowest BCUT2D eigenvalue weighted by atomic mass is 9.69. The number of hydrogen-bond donors (Lipinski definition) is 1. The third kappa shape index (κ3) is 5.72. The Morgan fingerprint density at radius 3 is 2.05 bits per heavy atom. The number of rotatable bonds is 5. The van der Waals surface area contributed by atoms with Crippen LogP contribution in [0.2, 0.25) is 0 Å². The van der Waals surface area contributed by atoms with Gasteiger partial charge in [-0.05, 0) is 43.9 Å². The van der Waals surface area contributed by atoms with Crippen LogP contribution < -0.4 is 5.32 Å². The Kier molecular flexibility index (Phi) is 5.72. The van der Waals surface area contributed by atoms with Crippen molar-refractivity contribution in [2.75, 3.05) is 0 Å². The number of halogens is 3. The molecule has 1 atom stereocenters. The first kappa shape index (κ1) is 16.8. The van der Waals surface area contributed by atoms with Crippen molar-refractivity contribution in [1.82, 2.24) is 5.32 Å². The van der Waals surface area contributed by atoms with Crippen LogP contribution in [0.1, 0.15) is 66.2 Å². The van der Waals surface area contributed by atoms with E-state index in [2.05, 4.69) is 26.1 Å². The van der Waals surface area contributed by atoms with Gasteiger partial charge < -0.3 is 5.32 Å². The molecule has 1 rings (SSSR count). The molecule has 0 aromatic rings. The van der Waals surface area contributed by atoms with Gasteiger partial charge in [0, 0.05) is 12.1 Å². The first-order valence-corrected chi connectivity index (χ1v) is 7.47. The maximum Gasteiger partial charge on any atom is 0.390 e. The fraction of sp³-hybridized carbons (Fsp3) is 1.00. The minimum atomic E-state index is -4.06. The number of nitrogens with one attached hydrogen (secondary N) is 1. The van der Waals surface area contributed by atoms with Gasteiger partial charge in [-0.3, -0.25) is 0 Å². The second kappa shape index (κ2) is 6.47. The smallest absolute Gasteiger partial charge is 0.311 e. The summed E-state index contributed by atoms with van der Waals surface area (Å²) in [4.78, 5) is 0. The molecule has 1 aliphatic rings. The maximum absolute atomic E-state index is 12.3. The molecule has 1 N–H and O–H groups in total. The fourth-order valence-corrected chi connectivity index (χ4v) is 3.14. The zero-order valence-corrected chi connectivity index (χ0v) is 12.6. The maximum atomic E-state index is 12.3. The van der Waals surface area contributed by atoms with E-state index in [0.717, 1.165) is 25.7 Å². The van der Waals surface area contributed by atoms with Crippen molar-refractivity contribution in [1.29, 1.82) is 0 Å². The number of hydrogen-bond acceptors (Lipinski definition) is 1. The molecule has 1 nitrogen and oxygen atoms in total. The second-order valence-electron chi connectivity index (χ2n) is 6.78. The Labute approximate surface area is 115 Å². The summed E-state index contributed by atoms with van der Waals surface area (Å²) in [7, 11) is 0. The summed E-state index contributed by atoms with van der Waals surface area (Å²) < 4.78 is 36.9. The Balaban J connectivity index is 2.34. The van der Waals surface area contributed by atoms with Crippen molar-refractivity contribution in [2.24, 2.45) is 11.3 Å². The van der Waals surface area contributed by atoms with Gasteiger partial charge in [-0.15, -0.1) is 0 Å². The summed E-state index contributed by atoms with van der Waals surface area (Å²) in [6.07, 6.45) is 0.669. The summed E-state index contributed by atoms with van der Waals surface area (Å²) in [6.45, 7) is 8.46. The first-order chi connectivity index (χ1) is 8.64. The largest absolute Gasteiger partial charge is 0.390 e. The third-order valence-electron chi connectivity index (χ3n) is 4.80. The Bertz CT molecular complexity index is 265. The van der Waals surface area contributed by atoms with Crippen molar-refractivity contribution in [3.8, 4) is 0 Å². The van der Waals surface area contributed by atoms with E-state index < -0.39 is 18.6 Å². The summed E-state index contributed by atoms with van der Waals surface area (Å²) in [6, 6.07) is -0.206. The van der Waals surface area contributed by atoms with Crippen LogP contribution in [-0.2, 0) is 0 Å². The van der Waals surface area contributed by atoms with E-state index in [9.17, 15) is 13.2 Å². The van der Waals surface area contributed by atoms with Crippen LogP contribution in [0.4, 0.5) is 13.2 Å². The van der Waals surface area contributed by atoms with Gasteiger partial charge >= 0.3 is 6.18 Å². The standard InChI is InChI=1S/C15H28F3N/c1-5-14(3,4)12-6-8-13(9-7-12)19-11(2)10-15(16,17)18/h11-13,19H,5-10H2,1-4H3. The highest BCUT2D eigenvalue weighted by atomic mass is 19.4. The van der Waals surface area contributed by atoms with E-state index in [1.54, 1.807) is 6.92 Å². The zero-order chi connectivity index (χ0) is 14.7. The van der Waals surface area contributed by atoms with Gasteiger partial charge in [0.2, 0.25) is 0 Å². The molecule has 1 aliphatic carbocycles. The highest BCUT2D eigenvalue weighted by Gasteiger charge is 2.34. The van der Waals surface area contributed by atoms with Gasteiger partial charge in [0.15, 0.2) is 0 Å². The molecule has 19 heavy (non-hydrogen) atoms. The summed E-state index contributed by atoms with van der Waals surface area (Å²) >= 11 is 0. The predicted octanol–water partition coefficient (Wildman–Crippen LogP) is 4.91. The van der Waals surface area contributed by atoms with Crippen molar-refractivity contribution in [3.05, 3.63) is 0 Å². The van der Waals surface area contributed by atoms with Crippen molar-refractivity contribution < 1.29 is 13.2 Å². The monoisotopic (exact) mass is 279 g/mol.